The molecule has 1 aromatic rings. The van der Waals surface area contributed by atoms with Crippen LogP contribution in [0.2, 0.25) is 0 Å². The van der Waals surface area contributed by atoms with Crippen molar-refractivity contribution in [2.24, 2.45) is 0 Å². The molecular weight excluding hydrogens is 393 g/mol. The molecule has 0 bridgehead atoms. The summed E-state index contributed by atoms with van der Waals surface area (Å²) in [5, 5.41) is 3.50. The summed E-state index contributed by atoms with van der Waals surface area (Å²) in [5.41, 5.74) is 1.18. The van der Waals surface area contributed by atoms with Crippen molar-refractivity contribution >= 4 is 42.9 Å². The van der Waals surface area contributed by atoms with Crippen LogP contribution in [0, 0.1) is 0 Å². The number of rotatable bonds is 7. The molecule has 1 atom stereocenters. The maximum absolute atomic E-state index is 5.18. The van der Waals surface area contributed by atoms with E-state index in [0.717, 1.165) is 18.3 Å². The van der Waals surface area contributed by atoms with Crippen molar-refractivity contribution in [1.29, 1.82) is 0 Å². The van der Waals surface area contributed by atoms with Crippen molar-refractivity contribution < 1.29 is 4.74 Å². The summed E-state index contributed by atoms with van der Waals surface area (Å²) in [6.45, 7) is 7.50. The summed E-state index contributed by atoms with van der Waals surface area (Å²) in [6, 6.07) is 9.02. The predicted octanol–water partition coefficient (Wildman–Crippen LogP) is 4.32. The number of unbranched alkanes of at least 4 members (excludes halogenated alkanes) is 1. The van der Waals surface area contributed by atoms with Gasteiger partial charge in [-0.1, -0.05) is 6.42 Å². The zero-order valence-electron chi connectivity index (χ0n) is 15.7. The van der Waals surface area contributed by atoms with E-state index in [1.165, 1.54) is 70.5 Å². The van der Waals surface area contributed by atoms with Gasteiger partial charge in [0.1, 0.15) is 5.75 Å². The van der Waals surface area contributed by atoms with Crippen molar-refractivity contribution in [3.8, 4) is 5.75 Å². The molecule has 1 unspecified atom stereocenters. The molecule has 0 aliphatic carbocycles. The minimum absolute atomic E-state index is 0. The minimum atomic E-state index is 0. The van der Waals surface area contributed by atoms with Gasteiger partial charge in [0.15, 0.2) is 0 Å². The fraction of sp³-hybridized carbons (Fsp3) is 0.684. The third kappa shape index (κ3) is 7.69. The molecule has 152 valence electrons. The van der Waals surface area contributed by atoms with Gasteiger partial charge < -0.3 is 15.0 Å². The summed E-state index contributed by atoms with van der Waals surface area (Å²) < 4.78 is 5.18. The summed E-state index contributed by atoms with van der Waals surface area (Å²) >= 11 is 0. The Morgan fingerprint density at radius 1 is 1.00 bits per heavy atom. The van der Waals surface area contributed by atoms with E-state index in [0.29, 0.717) is 0 Å². The first-order chi connectivity index (χ1) is 11.3. The van der Waals surface area contributed by atoms with E-state index >= 15 is 0 Å². The van der Waals surface area contributed by atoms with Gasteiger partial charge >= 0.3 is 0 Å². The minimum Gasteiger partial charge on any atom is -0.497 e. The molecular formula is C19H34Cl3N3O. The molecule has 1 N–H and O–H groups in total. The normalized spacial score (nSPS) is 20.0. The summed E-state index contributed by atoms with van der Waals surface area (Å²) in [5.74, 6) is 0.914. The molecule has 0 radical (unpaired) electrons. The quantitative estimate of drug-likeness (QED) is 0.657. The molecule has 2 aliphatic rings. The Kier molecular flexibility index (Phi) is 13.5. The largest absolute Gasteiger partial charge is 0.497 e. The van der Waals surface area contributed by atoms with E-state index in [1.54, 1.807) is 7.11 Å². The molecule has 26 heavy (non-hydrogen) atoms. The van der Waals surface area contributed by atoms with Gasteiger partial charge in [0, 0.05) is 37.9 Å². The summed E-state index contributed by atoms with van der Waals surface area (Å²) in [7, 11) is 1.70. The maximum Gasteiger partial charge on any atom is 0.119 e. The van der Waals surface area contributed by atoms with E-state index in [2.05, 4.69) is 27.2 Å². The molecule has 1 aromatic carbocycles. The van der Waals surface area contributed by atoms with Crippen LogP contribution in [0.3, 0.4) is 0 Å². The average molecular weight is 427 g/mol. The van der Waals surface area contributed by atoms with Gasteiger partial charge in [-0.3, -0.25) is 4.90 Å². The van der Waals surface area contributed by atoms with E-state index in [-0.39, 0.29) is 37.2 Å². The standard InChI is InChI=1S/C19H31N3O.3ClH/c1-23-19-9-7-17(8-10-19)20-11-3-5-12-21-14-15-22-13-4-2-6-18(22)16-21;;;/h7-10,18,20H,2-6,11-16H2,1H3;3*1H. The molecule has 0 amide bonds. The molecule has 2 saturated heterocycles. The van der Waals surface area contributed by atoms with Crippen LogP contribution in [0.15, 0.2) is 24.3 Å². The van der Waals surface area contributed by atoms with Crippen LogP contribution in [0.4, 0.5) is 5.69 Å². The SMILES string of the molecule is COc1ccc(NCCCCN2CCN3CCCCC3C2)cc1.Cl.Cl.Cl. The topological polar surface area (TPSA) is 27.7 Å². The van der Waals surface area contributed by atoms with Gasteiger partial charge in [-0.15, -0.1) is 37.2 Å². The van der Waals surface area contributed by atoms with Crippen molar-refractivity contribution in [2.75, 3.05) is 51.7 Å². The predicted molar refractivity (Wildman–Crippen MR) is 118 cm³/mol. The van der Waals surface area contributed by atoms with E-state index < -0.39 is 0 Å². The lowest BCUT2D eigenvalue weighted by atomic mass is 9.99. The number of nitrogens with zero attached hydrogens (tertiary/aromatic N) is 2. The summed E-state index contributed by atoms with van der Waals surface area (Å²) in [4.78, 5) is 5.39. The third-order valence-electron chi connectivity index (χ3n) is 5.24. The molecule has 3 rings (SSSR count). The fourth-order valence-corrected chi connectivity index (χ4v) is 3.83. The van der Waals surface area contributed by atoms with E-state index in [1.807, 2.05) is 12.1 Å². The first-order valence-electron chi connectivity index (χ1n) is 9.19. The molecule has 4 nitrogen and oxygen atoms in total. The Bertz CT molecular complexity index is 476. The number of piperidine rings is 1. The van der Waals surface area contributed by atoms with Gasteiger partial charge in [0.2, 0.25) is 0 Å². The maximum atomic E-state index is 5.18. The highest BCUT2D eigenvalue weighted by molar-refractivity contribution is 5.86. The Morgan fingerprint density at radius 2 is 1.77 bits per heavy atom. The van der Waals surface area contributed by atoms with Gasteiger partial charge in [-0.2, -0.15) is 0 Å². The van der Waals surface area contributed by atoms with E-state index in [4.69, 9.17) is 4.74 Å². The van der Waals surface area contributed by atoms with Crippen LogP contribution in [-0.2, 0) is 0 Å². The van der Waals surface area contributed by atoms with Crippen molar-refractivity contribution in [3.05, 3.63) is 24.3 Å². The van der Waals surface area contributed by atoms with Crippen molar-refractivity contribution in [2.45, 2.75) is 38.1 Å². The van der Waals surface area contributed by atoms with Crippen LogP contribution >= 0.6 is 37.2 Å². The Morgan fingerprint density at radius 3 is 2.50 bits per heavy atom. The van der Waals surface area contributed by atoms with Gasteiger partial charge in [0.05, 0.1) is 7.11 Å². The molecule has 0 saturated carbocycles. The molecule has 7 heteroatoms. The van der Waals surface area contributed by atoms with E-state index in [9.17, 15) is 0 Å². The summed E-state index contributed by atoms with van der Waals surface area (Å²) in [6.07, 6.45) is 6.77. The highest BCUT2D eigenvalue weighted by Crippen LogP contribution is 2.21. The Balaban J connectivity index is 0.00000208. The second kappa shape index (κ2) is 13.7. The number of halogens is 3. The fourth-order valence-electron chi connectivity index (χ4n) is 3.83. The molecule has 2 heterocycles. The number of anilines is 1. The van der Waals surface area contributed by atoms with Gasteiger partial charge in [0.25, 0.3) is 0 Å². The zero-order chi connectivity index (χ0) is 15.9. The molecule has 0 aromatic heterocycles. The van der Waals surface area contributed by atoms with Crippen LogP contribution in [-0.4, -0.2) is 62.2 Å². The second-order valence-electron chi connectivity index (χ2n) is 6.85. The molecule has 2 aliphatic heterocycles. The number of fused-ring (bicyclic) bond motifs is 1. The second-order valence-corrected chi connectivity index (χ2v) is 6.85. The number of nitrogens with one attached hydrogen (secondary N) is 1. The average Bonchev–Trinajstić information content (AvgIpc) is 2.62. The smallest absolute Gasteiger partial charge is 0.119 e. The molecule has 2 fully saturated rings. The Hall–Kier alpha value is -0.390. The van der Waals surface area contributed by atoms with Gasteiger partial charge in [-0.05, 0) is 63.0 Å². The third-order valence-corrected chi connectivity index (χ3v) is 5.24. The number of piperazine rings is 1. The van der Waals surface area contributed by atoms with Gasteiger partial charge in [-0.25, -0.2) is 0 Å². The number of hydrogen-bond donors (Lipinski definition) is 1. The lowest BCUT2D eigenvalue weighted by molar-refractivity contribution is 0.0488. The van der Waals surface area contributed by atoms with Crippen molar-refractivity contribution in [3.63, 3.8) is 0 Å². The number of methoxy groups -OCH3 is 1. The van der Waals surface area contributed by atoms with Crippen LogP contribution in [0.25, 0.3) is 0 Å². The molecule has 0 spiro atoms. The van der Waals surface area contributed by atoms with Crippen LogP contribution in [0.1, 0.15) is 32.1 Å². The Labute approximate surface area is 177 Å². The lowest BCUT2D eigenvalue weighted by Gasteiger charge is -2.44. The first kappa shape index (κ1) is 25.6. The number of hydrogen-bond acceptors (Lipinski definition) is 4. The van der Waals surface area contributed by atoms with Crippen LogP contribution in [0.5, 0.6) is 5.75 Å². The first-order valence-corrected chi connectivity index (χ1v) is 9.19. The highest BCUT2D eigenvalue weighted by Gasteiger charge is 2.28. The lowest BCUT2D eigenvalue weighted by Crippen LogP contribution is -2.54. The monoisotopic (exact) mass is 425 g/mol. The number of ether oxygens (including phenoxy) is 1. The van der Waals surface area contributed by atoms with Crippen molar-refractivity contribution in [1.82, 2.24) is 9.80 Å². The number of benzene rings is 1. The highest BCUT2D eigenvalue weighted by atomic mass is 35.5. The van der Waals surface area contributed by atoms with Crippen LogP contribution < -0.4 is 10.1 Å². The zero-order valence-corrected chi connectivity index (χ0v) is 18.1.